The van der Waals surface area contributed by atoms with Gasteiger partial charge in [-0.25, -0.2) is 4.98 Å². The number of carbonyl (C=O) groups excluding carboxylic acids is 2. The molecular formula is C17H18ClN3O2S. The number of amides is 2. The molecule has 24 heavy (non-hydrogen) atoms. The summed E-state index contributed by atoms with van der Waals surface area (Å²) in [6.07, 6.45) is 6.04. The van der Waals surface area contributed by atoms with Gasteiger partial charge in [-0.1, -0.05) is 29.8 Å². The molecule has 0 radical (unpaired) electrons. The molecule has 0 aliphatic carbocycles. The molecule has 7 heteroatoms. The smallest absolute Gasteiger partial charge is 0.260 e. The first kappa shape index (κ1) is 17.0. The third-order valence-corrected chi connectivity index (χ3v) is 5.58. The van der Waals surface area contributed by atoms with Crippen LogP contribution in [0.3, 0.4) is 0 Å². The van der Waals surface area contributed by atoms with Gasteiger partial charge < -0.3 is 4.57 Å². The zero-order valence-corrected chi connectivity index (χ0v) is 14.9. The van der Waals surface area contributed by atoms with Crippen molar-refractivity contribution in [1.29, 1.82) is 0 Å². The summed E-state index contributed by atoms with van der Waals surface area (Å²) in [6.45, 7) is 0.456. The second-order valence-electron chi connectivity index (χ2n) is 5.72. The van der Waals surface area contributed by atoms with E-state index in [0.717, 1.165) is 24.4 Å². The van der Waals surface area contributed by atoms with Crippen LogP contribution in [0.2, 0.25) is 5.02 Å². The summed E-state index contributed by atoms with van der Waals surface area (Å²) in [5, 5.41) is 1.07. The van der Waals surface area contributed by atoms with Gasteiger partial charge in [0.15, 0.2) is 5.16 Å². The topological polar surface area (TPSA) is 55.2 Å². The zero-order valence-electron chi connectivity index (χ0n) is 13.3. The van der Waals surface area contributed by atoms with E-state index in [2.05, 4.69) is 4.98 Å². The number of halogens is 1. The molecule has 2 aromatic rings. The molecule has 5 nitrogen and oxygen atoms in total. The highest BCUT2D eigenvalue weighted by atomic mass is 35.5. The van der Waals surface area contributed by atoms with E-state index < -0.39 is 0 Å². The lowest BCUT2D eigenvalue weighted by atomic mass is 10.2. The maximum atomic E-state index is 12.9. The number of hydrogen-bond donors (Lipinski definition) is 0. The van der Waals surface area contributed by atoms with E-state index >= 15 is 0 Å². The van der Waals surface area contributed by atoms with Crippen molar-refractivity contribution in [3.63, 3.8) is 0 Å². The van der Waals surface area contributed by atoms with Gasteiger partial charge in [0.25, 0.3) is 5.91 Å². The molecule has 0 bridgehead atoms. The van der Waals surface area contributed by atoms with E-state index in [1.165, 1.54) is 16.7 Å². The quantitative estimate of drug-likeness (QED) is 0.784. The Morgan fingerprint density at radius 2 is 2.04 bits per heavy atom. The standard InChI is InChI=1S/C17H18ClN3O2S/c1-20-11-9-19-17(20)24-14-4-2-3-10-21(16(14)23)15(22)12-5-7-13(18)8-6-12/h5-9,11,14H,2-4,10H2,1H3/t14-/m1/s1. The van der Waals surface area contributed by atoms with Crippen LogP contribution in [-0.2, 0) is 11.8 Å². The molecule has 3 rings (SSSR count). The molecular weight excluding hydrogens is 346 g/mol. The third-order valence-electron chi connectivity index (χ3n) is 4.00. The van der Waals surface area contributed by atoms with Gasteiger partial charge >= 0.3 is 0 Å². The van der Waals surface area contributed by atoms with Crippen LogP contribution in [0, 0.1) is 0 Å². The van der Waals surface area contributed by atoms with Gasteiger partial charge in [0.1, 0.15) is 0 Å². The Bertz CT molecular complexity index is 745. The summed E-state index contributed by atoms with van der Waals surface area (Å²) in [4.78, 5) is 31.2. The summed E-state index contributed by atoms with van der Waals surface area (Å²) < 4.78 is 1.88. The van der Waals surface area contributed by atoms with Crippen LogP contribution in [-0.4, -0.2) is 38.1 Å². The largest absolute Gasteiger partial charge is 0.329 e. The summed E-state index contributed by atoms with van der Waals surface area (Å²) in [5.74, 6) is -0.399. The Labute approximate surface area is 150 Å². The SMILES string of the molecule is Cn1ccnc1S[C@@H]1CCCCN(C(=O)c2ccc(Cl)cc2)C1=O. The predicted octanol–water partition coefficient (Wildman–Crippen LogP) is 3.39. The first-order chi connectivity index (χ1) is 11.6. The Hall–Kier alpha value is -1.79. The molecule has 126 valence electrons. The van der Waals surface area contributed by atoms with Gasteiger partial charge in [-0.15, -0.1) is 0 Å². The van der Waals surface area contributed by atoms with E-state index in [1.807, 2.05) is 17.8 Å². The Kier molecular flexibility index (Phi) is 5.26. The van der Waals surface area contributed by atoms with Crippen molar-refractivity contribution in [1.82, 2.24) is 14.5 Å². The van der Waals surface area contributed by atoms with Crippen LogP contribution in [0.15, 0.2) is 41.8 Å². The monoisotopic (exact) mass is 363 g/mol. The van der Waals surface area contributed by atoms with Crippen molar-refractivity contribution < 1.29 is 9.59 Å². The van der Waals surface area contributed by atoms with Crippen LogP contribution in [0.4, 0.5) is 0 Å². The highest BCUT2D eigenvalue weighted by Crippen LogP contribution is 2.29. The predicted molar refractivity (Wildman–Crippen MR) is 94.2 cm³/mol. The maximum absolute atomic E-state index is 12.9. The second-order valence-corrected chi connectivity index (χ2v) is 7.33. The Morgan fingerprint density at radius 1 is 1.29 bits per heavy atom. The second kappa shape index (κ2) is 7.40. The number of aromatic nitrogens is 2. The lowest BCUT2D eigenvalue weighted by Crippen LogP contribution is -2.41. The number of rotatable bonds is 3. The summed E-state index contributed by atoms with van der Waals surface area (Å²) in [7, 11) is 1.90. The van der Waals surface area contributed by atoms with Crippen molar-refractivity contribution in [3.8, 4) is 0 Å². The summed E-state index contributed by atoms with van der Waals surface area (Å²) in [5.41, 5.74) is 0.482. The van der Waals surface area contributed by atoms with Crippen LogP contribution < -0.4 is 0 Å². The molecule has 1 saturated heterocycles. The van der Waals surface area contributed by atoms with E-state index in [1.54, 1.807) is 30.5 Å². The molecule has 1 aliphatic rings. The van der Waals surface area contributed by atoms with Crippen LogP contribution in [0.1, 0.15) is 29.6 Å². The van der Waals surface area contributed by atoms with Gasteiger partial charge in [-0.3, -0.25) is 14.5 Å². The molecule has 0 unspecified atom stereocenters. The van der Waals surface area contributed by atoms with Crippen LogP contribution in [0.25, 0.3) is 0 Å². The van der Waals surface area contributed by atoms with Crippen molar-refractivity contribution >= 4 is 35.2 Å². The number of thioether (sulfide) groups is 1. The third kappa shape index (κ3) is 3.65. The number of imide groups is 1. The maximum Gasteiger partial charge on any atom is 0.260 e. The van der Waals surface area contributed by atoms with Crippen LogP contribution >= 0.6 is 23.4 Å². The van der Waals surface area contributed by atoms with Gasteiger partial charge in [0, 0.05) is 36.6 Å². The summed E-state index contributed by atoms with van der Waals surface area (Å²) in [6, 6.07) is 6.64. The molecule has 1 aromatic carbocycles. The van der Waals surface area contributed by atoms with Crippen molar-refractivity contribution in [3.05, 3.63) is 47.2 Å². The minimum absolute atomic E-state index is 0.138. The normalized spacial score (nSPS) is 18.5. The van der Waals surface area contributed by atoms with E-state index in [9.17, 15) is 9.59 Å². The number of hydrogen-bond acceptors (Lipinski definition) is 4. The number of carbonyl (C=O) groups is 2. The number of likely N-dealkylation sites (tertiary alicyclic amines) is 1. The average Bonchev–Trinajstić information content (AvgIpc) is 2.88. The fraction of sp³-hybridized carbons (Fsp3) is 0.353. The van der Waals surface area contributed by atoms with Crippen molar-refractivity contribution in [2.24, 2.45) is 7.05 Å². The first-order valence-corrected chi connectivity index (χ1v) is 9.07. The van der Waals surface area contributed by atoms with Crippen molar-refractivity contribution in [2.75, 3.05) is 6.54 Å². The fourth-order valence-electron chi connectivity index (χ4n) is 2.66. The van der Waals surface area contributed by atoms with Gasteiger partial charge in [-0.05, 0) is 37.1 Å². The first-order valence-electron chi connectivity index (χ1n) is 7.81. The Morgan fingerprint density at radius 3 is 2.71 bits per heavy atom. The average molecular weight is 364 g/mol. The number of aryl methyl sites for hydroxylation is 1. The van der Waals surface area contributed by atoms with Gasteiger partial charge in [0.2, 0.25) is 5.91 Å². The van der Waals surface area contributed by atoms with Crippen molar-refractivity contribution in [2.45, 2.75) is 29.7 Å². The van der Waals surface area contributed by atoms with E-state index in [-0.39, 0.29) is 17.1 Å². The van der Waals surface area contributed by atoms with Gasteiger partial charge in [0.05, 0.1) is 5.25 Å². The van der Waals surface area contributed by atoms with Gasteiger partial charge in [-0.2, -0.15) is 0 Å². The molecule has 1 atom stereocenters. The molecule has 1 fully saturated rings. The number of nitrogens with zero attached hydrogens (tertiary/aromatic N) is 3. The molecule has 0 saturated carbocycles. The number of benzene rings is 1. The van der Waals surface area contributed by atoms with E-state index in [0.29, 0.717) is 17.1 Å². The summed E-state index contributed by atoms with van der Waals surface area (Å²) >= 11 is 7.30. The lowest BCUT2D eigenvalue weighted by molar-refractivity contribution is -0.127. The molecule has 0 spiro atoms. The highest BCUT2D eigenvalue weighted by Gasteiger charge is 2.32. The highest BCUT2D eigenvalue weighted by molar-refractivity contribution is 8.00. The van der Waals surface area contributed by atoms with E-state index in [4.69, 9.17) is 11.6 Å². The number of imidazole rings is 1. The van der Waals surface area contributed by atoms with Crippen LogP contribution in [0.5, 0.6) is 0 Å². The molecule has 0 N–H and O–H groups in total. The molecule has 2 heterocycles. The fourth-order valence-corrected chi connectivity index (χ4v) is 3.90. The molecule has 1 aromatic heterocycles. The Balaban J connectivity index is 1.79. The minimum Gasteiger partial charge on any atom is -0.329 e. The minimum atomic E-state index is -0.287. The lowest BCUT2D eigenvalue weighted by Gasteiger charge is -2.22. The molecule has 2 amide bonds. The molecule has 1 aliphatic heterocycles. The zero-order chi connectivity index (χ0) is 17.1.